The molecule has 1 aliphatic heterocycles. The van der Waals surface area contributed by atoms with E-state index in [0.29, 0.717) is 10.8 Å². The summed E-state index contributed by atoms with van der Waals surface area (Å²) in [4.78, 5) is 12.1. The van der Waals surface area contributed by atoms with Crippen molar-refractivity contribution in [2.45, 2.75) is 67.4 Å². The second-order valence-electron chi connectivity index (χ2n) is 8.17. The van der Waals surface area contributed by atoms with E-state index in [9.17, 15) is 4.21 Å². The Morgan fingerprint density at radius 1 is 1.14 bits per heavy atom. The zero-order valence-electron chi connectivity index (χ0n) is 16.1. The van der Waals surface area contributed by atoms with Crippen LogP contribution in [0.15, 0.2) is 29.3 Å². The molecule has 0 amide bonds. The van der Waals surface area contributed by atoms with Crippen LogP contribution in [0.2, 0.25) is 0 Å². The number of nitrogens with zero attached hydrogens (tertiary/aromatic N) is 2. The summed E-state index contributed by atoms with van der Waals surface area (Å²) in [6.07, 6.45) is 11.1. The Hall–Kier alpha value is -1.44. The van der Waals surface area contributed by atoms with E-state index >= 15 is 0 Å². The molecule has 2 saturated carbocycles. The van der Waals surface area contributed by atoms with E-state index in [1.165, 1.54) is 37.1 Å². The van der Waals surface area contributed by atoms with E-state index in [2.05, 4.69) is 0 Å². The molecule has 2 aromatic rings. The van der Waals surface area contributed by atoms with Gasteiger partial charge in [-0.15, -0.1) is 11.3 Å². The maximum Gasteiger partial charge on any atom is 0.0962 e. The van der Waals surface area contributed by atoms with Gasteiger partial charge in [-0.3, -0.25) is 9.90 Å². The summed E-state index contributed by atoms with van der Waals surface area (Å²) >= 11 is 1.73. The fraction of sp³-hybridized carbons (Fsp3) is 0.571. The smallest absolute Gasteiger partial charge is 0.0962 e. The molecule has 7 heteroatoms. The minimum Gasteiger partial charge on any atom is -0.273 e. The van der Waals surface area contributed by atoms with Gasteiger partial charge in [0.2, 0.25) is 0 Å². The van der Waals surface area contributed by atoms with Crippen LogP contribution >= 0.6 is 11.3 Å². The van der Waals surface area contributed by atoms with Crippen LogP contribution in [0.1, 0.15) is 62.3 Å². The minimum atomic E-state index is -2.82. The Labute approximate surface area is 171 Å². The van der Waals surface area contributed by atoms with E-state index in [4.69, 9.17) is 14.6 Å². The highest BCUT2D eigenvalue weighted by molar-refractivity contribution is 7.93. The van der Waals surface area contributed by atoms with E-state index < -0.39 is 9.73 Å². The lowest BCUT2D eigenvalue weighted by atomic mass is 9.90. The van der Waals surface area contributed by atoms with Crippen molar-refractivity contribution in [1.29, 1.82) is 4.78 Å². The number of rotatable bonds is 5. The largest absolute Gasteiger partial charge is 0.273 e. The highest BCUT2D eigenvalue weighted by atomic mass is 32.2. The van der Waals surface area contributed by atoms with Crippen molar-refractivity contribution >= 4 is 26.8 Å². The molecule has 1 N–H and O–H groups in total. The van der Waals surface area contributed by atoms with Crippen LogP contribution in [0.4, 0.5) is 5.69 Å². The summed E-state index contributed by atoms with van der Waals surface area (Å²) in [5, 5.41) is 3.07. The molecule has 5 rings (SSSR count). The molecule has 2 heterocycles. The van der Waals surface area contributed by atoms with Crippen LogP contribution in [-0.4, -0.2) is 27.6 Å². The van der Waals surface area contributed by atoms with E-state index in [-0.39, 0.29) is 5.25 Å². The normalized spacial score (nSPS) is 23.1. The molecule has 1 aromatic heterocycles. The van der Waals surface area contributed by atoms with Gasteiger partial charge < -0.3 is 0 Å². The summed E-state index contributed by atoms with van der Waals surface area (Å²) in [5.74, 6) is 0.567. The quantitative estimate of drug-likeness (QED) is 0.691. The number of hydroxylamine groups is 1. The van der Waals surface area contributed by atoms with E-state index in [1.54, 1.807) is 11.3 Å². The average molecular weight is 418 g/mol. The predicted octanol–water partition coefficient (Wildman–Crippen LogP) is 5.57. The molecule has 1 saturated heterocycles. The van der Waals surface area contributed by atoms with E-state index in [0.717, 1.165) is 48.5 Å². The average Bonchev–Trinajstić information content (AvgIpc) is 3.25. The lowest BCUT2D eigenvalue weighted by Crippen LogP contribution is -2.17. The number of hydrogen-bond acceptors (Lipinski definition) is 6. The SMILES string of the molecule is N=S(=O)(c1cc(N2CCCO2)ccc1-c1cnc(C2CCCCC2)s1)C1CC1. The molecule has 0 bridgehead atoms. The van der Waals surface area contributed by atoms with Crippen molar-refractivity contribution in [2.75, 3.05) is 18.2 Å². The summed E-state index contributed by atoms with van der Waals surface area (Å²) in [7, 11) is -2.82. The van der Waals surface area contributed by atoms with Gasteiger partial charge in [0.1, 0.15) is 0 Å². The molecule has 1 unspecified atom stereocenters. The standard InChI is InChI=1S/C21H27N3O2S2/c22-28(25,17-8-9-17)20-13-16(24-11-4-12-26-24)7-10-18(20)19-14-23-21(27-19)15-5-2-1-3-6-15/h7,10,13-15,17,22H,1-6,8-9,11-12H2. The van der Waals surface area contributed by atoms with Gasteiger partial charge in [0, 0.05) is 29.5 Å². The second-order valence-corrected chi connectivity index (χ2v) is 11.5. The fourth-order valence-electron chi connectivity index (χ4n) is 4.30. The molecule has 0 radical (unpaired) electrons. The minimum absolute atomic E-state index is 0.00765. The van der Waals surface area contributed by atoms with Crippen molar-refractivity contribution in [2.24, 2.45) is 0 Å². The van der Waals surface area contributed by atoms with Gasteiger partial charge in [-0.1, -0.05) is 25.3 Å². The number of hydrogen-bond donors (Lipinski definition) is 1. The molecule has 1 aromatic carbocycles. The maximum absolute atomic E-state index is 13.4. The lowest BCUT2D eigenvalue weighted by Gasteiger charge is -2.20. The van der Waals surface area contributed by atoms with Crippen LogP contribution < -0.4 is 5.06 Å². The molecule has 28 heavy (non-hydrogen) atoms. The third-order valence-electron chi connectivity index (χ3n) is 6.07. The first kappa shape index (κ1) is 18.6. The van der Waals surface area contributed by atoms with Gasteiger partial charge >= 0.3 is 0 Å². The number of nitrogens with one attached hydrogen (secondary N) is 1. The van der Waals surface area contributed by atoms with Crippen molar-refractivity contribution in [3.05, 3.63) is 29.4 Å². The van der Waals surface area contributed by atoms with Crippen molar-refractivity contribution < 1.29 is 9.05 Å². The zero-order chi connectivity index (χ0) is 19.1. The van der Waals surface area contributed by atoms with Gasteiger partial charge in [-0.05, 0) is 44.2 Å². The number of aromatic nitrogens is 1. The summed E-state index contributed by atoms with van der Waals surface area (Å²) in [6.45, 7) is 1.56. The van der Waals surface area contributed by atoms with Crippen LogP contribution in [0, 0.1) is 4.78 Å². The Morgan fingerprint density at radius 3 is 2.68 bits per heavy atom. The van der Waals surface area contributed by atoms with Crippen LogP contribution in [-0.2, 0) is 14.6 Å². The Kier molecular flexibility index (Phi) is 4.93. The monoisotopic (exact) mass is 417 g/mol. The van der Waals surface area contributed by atoms with Crippen LogP contribution in [0.25, 0.3) is 10.4 Å². The number of thiazole rings is 1. The van der Waals surface area contributed by atoms with Crippen molar-refractivity contribution in [3.63, 3.8) is 0 Å². The molecule has 3 aliphatic rings. The molecule has 2 aliphatic carbocycles. The number of anilines is 1. The Bertz CT molecular complexity index is 954. The van der Waals surface area contributed by atoms with Crippen LogP contribution in [0.5, 0.6) is 0 Å². The predicted molar refractivity (Wildman–Crippen MR) is 113 cm³/mol. The Balaban J connectivity index is 1.54. The number of benzene rings is 1. The Morgan fingerprint density at radius 2 is 1.96 bits per heavy atom. The first-order valence-electron chi connectivity index (χ1n) is 10.4. The molecule has 0 spiro atoms. The lowest BCUT2D eigenvalue weighted by molar-refractivity contribution is 0.168. The highest BCUT2D eigenvalue weighted by Gasteiger charge is 2.36. The fourth-order valence-corrected chi connectivity index (χ4v) is 7.45. The van der Waals surface area contributed by atoms with Gasteiger partial charge in [-0.25, -0.2) is 14.0 Å². The first-order valence-corrected chi connectivity index (χ1v) is 12.8. The second kappa shape index (κ2) is 7.43. The molecular weight excluding hydrogens is 390 g/mol. The first-order chi connectivity index (χ1) is 13.6. The topological polar surface area (TPSA) is 66.3 Å². The summed E-state index contributed by atoms with van der Waals surface area (Å²) in [5.41, 5.74) is 1.84. The highest BCUT2D eigenvalue weighted by Crippen LogP contribution is 2.43. The van der Waals surface area contributed by atoms with Gasteiger partial charge in [0.25, 0.3) is 0 Å². The maximum atomic E-state index is 13.4. The molecule has 1 atom stereocenters. The molecular formula is C21H27N3O2S2. The van der Waals surface area contributed by atoms with Gasteiger partial charge in [-0.2, -0.15) is 0 Å². The third-order valence-corrected chi connectivity index (χ3v) is 9.66. The zero-order valence-corrected chi connectivity index (χ0v) is 17.7. The van der Waals surface area contributed by atoms with E-state index in [1.807, 2.05) is 29.5 Å². The molecule has 150 valence electrons. The summed E-state index contributed by atoms with van der Waals surface area (Å²) < 4.78 is 22.1. The molecule has 3 fully saturated rings. The van der Waals surface area contributed by atoms with Crippen LogP contribution in [0.3, 0.4) is 0 Å². The van der Waals surface area contributed by atoms with Crippen molar-refractivity contribution in [3.8, 4) is 10.4 Å². The van der Waals surface area contributed by atoms with Gasteiger partial charge in [0.15, 0.2) is 0 Å². The van der Waals surface area contributed by atoms with Gasteiger partial charge in [0.05, 0.1) is 36.8 Å². The van der Waals surface area contributed by atoms with Crippen molar-refractivity contribution in [1.82, 2.24) is 4.98 Å². The molecule has 5 nitrogen and oxygen atoms in total. The third kappa shape index (κ3) is 3.48. The summed E-state index contributed by atoms with van der Waals surface area (Å²) in [6, 6.07) is 6.00.